The van der Waals surface area contributed by atoms with Crippen LogP contribution in [0.2, 0.25) is 0 Å². The lowest BCUT2D eigenvalue weighted by molar-refractivity contribution is -0.116. The number of benzene rings is 1. The highest BCUT2D eigenvalue weighted by atomic mass is 32.2. The summed E-state index contributed by atoms with van der Waals surface area (Å²) >= 11 is 0. The van der Waals surface area contributed by atoms with Gasteiger partial charge in [-0.3, -0.25) is 4.79 Å². The number of carbonyl (C=O) groups excluding carboxylic acids is 1. The van der Waals surface area contributed by atoms with Gasteiger partial charge in [0.25, 0.3) is 0 Å². The first kappa shape index (κ1) is 18.9. The van der Waals surface area contributed by atoms with Crippen LogP contribution in [0.4, 0.5) is 5.69 Å². The van der Waals surface area contributed by atoms with E-state index in [1.54, 1.807) is 20.8 Å². The maximum absolute atomic E-state index is 12.0. The van der Waals surface area contributed by atoms with Crippen molar-refractivity contribution < 1.29 is 13.2 Å². The van der Waals surface area contributed by atoms with Gasteiger partial charge < -0.3 is 5.32 Å². The van der Waals surface area contributed by atoms with Crippen molar-refractivity contribution in [1.29, 1.82) is 0 Å². The molecule has 0 bridgehead atoms. The number of anilines is 1. The SMILES string of the molecule is CC(C)(C)S(=O)(=O)NCCCCC(=O)Nc1ccc2c(c1)CCC2. The molecular weight excluding hydrogens is 324 g/mol. The Bertz CT molecular complexity index is 691. The molecule has 6 heteroatoms. The summed E-state index contributed by atoms with van der Waals surface area (Å²) in [5.74, 6) is -0.0216. The van der Waals surface area contributed by atoms with Crippen molar-refractivity contribution in [2.45, 2.75) is 64.0 Å². The molecule has 0 heterocycles. The van der Waals surface area contributed by atoms with Gasteiger partial charge in [0.2, 0.25) is 15.9 Å². The molecule has 1 aromatic rings. The number of hydrogen-bond donors (Lipinski definition) is 2. The quantitative estimate of drug-likeness (QED) is 0.741. The summed E-state index contributed by atoms with van der Waals surface area (Å²) in [6.45, 7) is 5.36. The van der Waals surface area contributed by atoms with Gasteiger partial charge in [-0.05, 0) is 76.1 Å². The zero-order valence-corrected chi connectivity index (χ0v) is 15.6. The topological polar surface area (TPSA) is 75.3 Å². The summed E-state index contributed by atoms with van der Waals surface area (Å²) in [6.07, 6.45) is 5.11. The maximum Gasteiger partial charge on any atom is 0.224 e. The Labute approximate surface area is 145 Å². The second kappa shape index (κ2) is 7.66. The van der Waals surface area contributed by atoms with E-state index in [1.807, 2.05) is 6.07 Å². The van der Waals surface area contributed by atoms with E-state index < -0.39 is 14.8 Å². The molecular formula is C18H28N2O3S. The van der Waals surface area contributed by atoms with Gasteiger partial charge in [-0.15, -0.1) is 0 Å². The minimum atomic E-state index is -3.30. The van der Waals surface area contributed by atoms with E-state index in [9.17, 15) is 13.2 Å². The second-order valence-corrected chi connectivity index (χ2v) is 9.87. The normalized spacial score (nSPS) is 14.5. The highest BCUT2D eigenvalue weighted by Crippen LogP contribution is 2.25. The van der Waals surface area contributed by atoms with Gasteiger partial charge >= 0.3 is 0 Å². The van der Waals surface area contributed by atoms with Crippen LogP contribution in [0.25, 0.3) is 0 Å². The van der Waals surface area contributed by atoms with Crippen LogP contribution >= 0.6 is 0 Å². The van der Waals surface area contributed by atoms with Gasteiger partial charge in [0.1, 0.15) is 0 Å². The van der Waals surface area contributed by atoms with Crippen LogP contribution in [0, 0.1) is 0 Å². The van der Waals surface area contributed by atoms with Gasteiger partial charge in [0, 0.05) is 18.7 Å². The molecule has 0 saturated heterocycles. The van der Waals surface area contributed by atoms with E-state index in [-0.39, 0.29) is 5.91 Å². The van der Waals surface area contributed by atoms with E-state index in [2.05, 4.69) is 22.2 Å². The van der Waals surface area contributed by atoms with Gasteiger partial charge in [0.05, 0.1) is 4.75 Å². The summed E-state index contributed by atoms with van der Waals surface area (Å²) in [7, 11) is -3.30. The molecule has 1 aromatic carbocycles. The lowest BCUT2D eigenvalue weighted by atomic mass is 10.1. The van der Waals surface area contributed by atoms with Crippen LogP contribution < -0.4 is 10.0 Å². The number of amides is 1. The van der Waals surface area contributed by atoms with Crippen molar-refractivity contribution in [3.05, 3.63) is 29.3 Å². The Kier molecular flexibility index (Phi) is 6.04. The fourth-order valence-electron chi connectivity index (χ4n) is 2.71. The van der Waals surface area contributed by atoms with Crippen molar-refractivity contribution in [3.63, 3.8) is 0 Å². The number of fused-ring (bicyclic) bond motifs is 1. The van der Waals surface area contributed by atoms with Gasteiger partial charge in [-0.2, -0.15) is 0 Å². The number of hydrogen-bond acceptors (Lipinski definition) is 3. The van der Waals surface area contributed by atoms with Crippen molar-refractivity contribution in [2.24, 2.45) is 0 Å². The molecule has 24 heavy (non-hydrogen) atoms. The fraction of sp³-hybridized carbons (Fsp3) is 0.611. The van der Waals surface area contributed by atoms with E-state index in [1.165, 1.54) is 17.5 Å². The third-order valence-corrected chi connectivity index (χ3v) is 6.51. The molecule has 5 nitrogen and oxygen atoms in total. The first-order valence-electron chi connectivity index (χ1n) is 8.60. The molecule has 0 spiro atoms. The van der Waals surface area contributed by atoms with Crippen LogP contribution in [-0.2, 0) is 27.7 Å². The Balaban J connectivity index is 1.69. The molecule has 0 saturated carbocycles. The third-order valence-electron chi connectivity index (χ3n) is 4.31. The Morgan fingerprint density at radius 2 is 1.83 bits per heavy atom. The smallest absolute Gasteiger partial charge is 0.224 e. The van der Waals surface area contributed by atoms with Gasteiger partial charge in [-0.25, -0.2) is 13.1 Å². The molecule has 1 aliphatic rings. The van der Waals surface area contributed by atoms with E-state index in [4.69, 9.17) is 0 Å². The molecule has 1 amide bonds. The summed E-state index contributed by atoms with van der Waals surface area (Å²) < 4.78 is 25.6. The lowest BCUT2D eigenvalue weighted by Gasteiger charge is -2.19. The number of aryl methyl sites for hydroxylation is 2. The molecule has 0 aromatic heterocycles. The largest absolute Gasteiger partial charge is 0.326 e. The Morgan fingerprint density at radius 1 is 1.12 bits per heavy atom. The molecule has 0 radical (unpaired) electrons. The standard InChI is InChI=1S/C18H28N2O3S/c1-18(2,3)24(22,23)19-12-5-4-9-17(21)20-16-11-10-14-7-6-8-15(14)13-16/h10-11,13,19H,4-9,12H2,1-3H3,(H,20,21). The average molecular weight is 353 g/mol. The van der Waals surface area contributed by atoms with E-state index >= 15 is 0 Å². The summed E-state index contributed by atoms with van der Waals surface area (Å²) in [4.78, 5) is 12.0. The van der Waals surface area contributed by atoms with Crippen molar-refractivity contribution in [2.75, 3.05) is 11.9 Å². The number of nitrogens with one attached hydrogen (secondary N) is 2. The van der Waals surface area contributed by atoms with Crippen molar-refractivity contribution in [1.82, 2.24) is 4.72 Å². The molecule has 0 fully saturated rings. The maximum atomic E-state index is 12.0. The molecule has 2 rings (SSSR count). The summed E-state index contributed by atoms with van der Waals surface area (Å²) in [5.41, 5.74) is 3.58. The Morgan fingerprint density at radius 3 is 2.54 bits per heavy atom. The van der Waals surface area contributed by atoms with Crippen LogP contribution in [0.15, 0.2) is 18.2 Å². The average Bonchev–Trinajstić information content (AvgIpc) is 2.93. The second-order valence-electron chi connectivity index (χ2n) is 7.35. The zero-order chi connectivity index (χ0) is 17.8. The predicted octanol–water partition coefficient (Wildman–Crippen LogP) is 3.00. The highest BCUT2D eigenvalue weighted by molar-refractivity contribution is 7.90. The third kappa shape index (κ3) is 5.05. The molecule has 0 aliphatic heterocycles. The first-order chi connectivity index (χ1) is 11.2. The molecule has 0 unspecified atom stereocenters. The van der Waals surface area contributed by atoms with Gasteiger partial charge in [0.15, 0.2) is 0 Å². The molecule has 2 N–H and O–H groups in total. The number of rotatable bonds is 7. The highest BCUT2D eigenvalue weighted by Gasteiger charge is 2.27. The van der Waals surface area contributed by atoms with Crippen LogP contribution in [0.1, 0.15) is 57.6 Å². The van der Waals surface area contributed by atoms with Crippen LogP contribution in [0.5, 0.6) is 0 Å². The zero-order valence-electron chi connectivity index (χ0n) is 14.8. The lowest BCUT2D eigenvalue weighted by Crippen LogP contribution is -2.39. The van der Waals surface area contributed by atoms with Crippen molar-refractivity contribution >= 4 is 21.6 Å². The molecule has 134 valence electrons. The fourth-order valence-corrected chi connectivity index (χ4v) is 3.55. The number of unbranched alkanes of at least 4 members (excludes halogenated alkanes) is 1. The van der Waals surface area contributed by atoms with Crippen molar-refractivity contribution in [3.8, 4) is 0 Å². The predicted molar refractivity (Wildman–Crippen MR) is 97.6 cm³/mol. The summed E-state index contributed by atoms with van der Waals surface area (Å²) in [6, 6.07) is 6.12. The minimum Gasteiger partial charge on any atom is -0.326 e. The van der Waals surface area contributed by atoms with E-state index in [0.29, 0.717) is 25.8 Å². The molecule has 1 aliphatic carbocycles. The minimum absolute atomic E-state index is 0.0216. The van der Waals surface area contributed by atoms with Gasteiger partial charge in [-0.1, -0.05) is 6.07 Å². The van der Waals surface area contributed by atoms with Crippen LogP contribution in [0.3, 0.4) is 0 Å². The first-order valence-corrected chi connectivity index (χ1v) is 10.1. The number of sulfonamides is 1. The number of carbonyl (C=O) groups is 1. The Hall–Kier alpha value is -1.40. The summed E-state index contributed by atoms with van der Waals surface area (Å²) in [5, 5.41) is 2.93. The van der Waals surface area contributed by atoms with E-state index in [0.717, 1.165) is 18.5 Å². The molecule has 0 atom stereocenters. The monoisotopic (exact) mass is 352 g/mol. The van der Waals surface area contributed by atoms with Crippen LogP contribution in [-0.4, -0.2) is 25.6 Å².